The van der Waals surface area contributed by atoms with Crippen LogP contribution in [0.1, 0.15) is 15.7 Å². The van der Waals surface area contributed by atoms with Crippen molar-refractivity contribution in [1.29, 1.82) is 0 Å². The zero-order valence-corrected chi connectivity index (χ0v) is 11.5. The van der Waals surface area contributed by atoms with Crippen molar-refractivity contribution >= 4 is 23.1 Å². The van der Waals surface area contributed by atoms with Gasteiger partial charge in [-0.15, -0.1) is 23.1 Å². The van der Waals surface area contributed by atoms with Gasteiger partial charge in [-0.1, -0.05) is 0 Å². The predicted molar refractivity (Wildman–Crippen MR) is 73.1 cm³/mol. The molecule has 1 aromatic carbocycles. The minimum absolute atomic E-state index is 0.0786. The summed E-state index contributed by atoms with van der Waals surface area (Å²) in [5, 5.41) is 2.09. The summed E-state index contributed by atoms with van der Waals surface area (Å²) in [6.45, 7) is 2.49. The van der Waals surface area contributed by atoms with Crippen LogP contribution in [0.5, 0.6) is 0 Å². The number of rotatable bonds is 4. The Morgan fingerprint density at radius 3 is 2.61 bits per heavy atom. The van der Waals surface area contributed by atoms with Crippen LogP contribution in [0.25, 0.3) is 0 Å². The van der Waals surface area contributed by atoms with E-state index in [0.29, 0.717) is 11.4 Å². The highest BCUT2D eigenvalue weighted by Gasteiger charge is 2.16. The summed E-state index contributed by atoms with van der Waals surface area (Å²) in [6, 6.07) is 5.97. The SMILES string of the molecule is Cc1ccsc1C(CN)Sc1ccc(F)c(F)c1. The van der Waals surface area contributed by atoms with Crippen molar-refractivity contribution in [2.75, 3.05) is 6.54 Å². The van der Waals surface area contributed by atoms with Gasteiger partial charge in [0.25, 0.3) is 0 Å². The summed E-state index contributed by atoms with van der Waals surface area (Å²) >= 11 is 3.10. The molecule has 5 heteroatoms. The largest absolute Gasteiger partial charge is 0.329 e. The number of thioether (sulfide) groups is 1. The summed E-state index contributed by atoms with van der Waals surface area (Å²) in [5.74, 6) is -1.64. The van der Waals surface area contributed by atoms with Crippen molar-refractivity contribution in [2.24, 2.45) is 5.73 Å². The molecular weight excluding hydrogens is 272 g/mol. The Morgan fingerprint density at radius 2 is 2.06 bits per heavy atom. The van der Waals surface area contributed by atoms with Crippen LogP contribution < -0.4 is 5.73 Å². The maximum atomic E-state index is 13.1. The number of thiophene rings is 1. The van der Waals surface area contributed by atoms with Gasteiger partial charge in [0.1, 0.15) is 0 Å². The van der Waals surface area contributed by atoms with E-state index in [1.165, 1.54) is 28.3 Å². The molecule has 0 aliphatic heterocycles. The lowest BCUT2D eigenvalue weighted by molar-refractivity contribution is 0.506. The lowest BCUT2D eigenvalue weighted by Gasteiger charge is -2.14. The molecule has 0 fully saturated rings. The summed E-state index contributed by atoms with van der Waals surface area (Å²) < 4.78 is 26.0. The third-order valence-electron chi connectivity index (χ3n) is 2.58. The van der Waals surface area contributed by atoms with Gasteiger partial charge in [-0.3, -0.25) is 0 Å². The second kappa shape index (κ2) is 5.82. The third-order valence-corrected chi connectivity index (χ3v) is 5.10. The molecule has 0 saturated carbocycles. The van der Waals surface area contributed by atoms with E-state index < -0.39 is 11.6 Å². The van der Waals surface area contributed by atoms with Crippen molar-refractivity contribution in [3.63, 3.8) is 0 Å². The smallest absolute Gasteiger partial charge is 0.159 e. The van der Waals surface area contributed by atoms with Crippen LogP contribution in [-0.2, 0) is 0 Å². The summed E-state index contributed by atoms with van der Waals surface area (Å²) in [7, 11) is 0. The molecule has 1 unspecified atom stereocenters. The van der Waals surface area contributed by atoms with E-state index in [4.69, 9.17) is 5.73 Å². The van der Waals surface area contributed by atoms with Crippen LogP contribution in [0.2, 0.25) is 0 Å². The number of benzene rings is 1. The van der Waals surface area contributed by atoms with Crippen molar-refractivity contribution < 1.29 is 8.78 Å². The van der Waals surface area contributed by atoms with Crippen LogP contribution >= 0.6 is 23.1 Å². The van der Waals surface area contributed by atoms with Gasteiger partial charge in [0, 0.05) is 16.3 Å². The number of nitrogens with two attached hydrogens (primary N) is 1. The highest BCUT2D eigenvalue weighted by Crippen LogP contribution is 2.38. The van der Waals surface area contributed by atoms with Gasteiger partial charge in [0.05, 0.1) is 5.25 Å². The van der Waals surface area contributed by atoms with E-state index in [-0.39, 0.29) is 5.25 Å². The van der Waals surface area contributed by atoms with Crippen LogP contribution in [0.4, 0.5) is 8.78 Å². The molecule has 96 valence electrons. The van der Waals surface area contributed by atoms with Gasteiger partial charge in [-0.05, 0) is 42.1 Å². The second-order valence-electron chi connectivity index (χ2n) is 3.89. The van der Waals surface area contributed by atoms with Crippen molar-refractivity contribution in [3.8, 4) is 0 Å². The topological polar surface area (TPSA) is 26.0 Å². The van der Waals surface area contributed by atoms with E-state index in [1.54, 1.807) is 17.4 Å². The van der Waals surface area contributed by atoms with E-state index in [0.717, 1.165) is 6.07 Å². The highest BCUT2D eigenvalue weighted by atomic mass is 32.2. The van der Waals surface area contributed by atoms with Gasteiger partial charge in [0.2, 0.25) is 0 Å². The lowest BCUT2D eigenvalue weighted by Crippen LogP contribution is -2.08. The Balaban J connectivity index is 2.20. The molecule has 2 N–H and O–H groups in total. The summed E-state index contributed by atoms with van der Waals surface area (Å²) in [5.41, 5.74) is 6.95. The van der Waals surface area contributed by atoms with Crippen LogP contribution in [-0.4, -0.2) is 6.54 Å². The van der Waals surface area contributed by atoms with Gasteiger partial charge >= 0.3 is 0 Å². The minimum Gasteiger partial charge on any atom is -0.329 e. The Bertz CT molecular complexity index is 540. The molecule has 0 radical (unpaired) electrons. The van der Waals surface area contributed by atoms with Gasteiger partial charge < -0.3 is 5.73 Å². The molecule has 2 aromatic rings. The van der Waals surface area contributed by atoms with E-state index in [9.17, 15) is 8.78 Å². The number of halogens is 2. The summed E-state index contributed by atoms with van der Waals surface area (Å²) in [4.78, 5) is 1.88. The molecule has 1 heterocycles. The van der Waals surface area contributed by atoms with Gasteiger partial charge in [-0.25, -0.2) is 8.78 Å². The van der Waals surface area contributed by atoms with Gasteiger partial charge in [-0.2, -0.15) is 0 Å². The first kappa shape index (κ1) is 13.5. The fourth-order valence-electron chi connectivity index (χ4n) is 1.64. The van der Waals surface area contributed by atoms with Crippen molar-refractivity contribution in [1.82, 2.24) is 0 Å². The second-order valence-corrected chi connectivity index (χ2v) is 6.11. The lowest BCUT2D eigenvalue weighted by atomic mass is 10.2. The first-order valence-electron chi connectivity index (χ1n) is 5.47. The number of hydrogen-bond acceptors (Lipinski definition) is 3. The van der Waals surface area contributed by atoms with E-state index in [2.05, 4.69) is 0 Å². The minimum atomic E-state index is -0.823. The molecule has 18 heavy (non-hydrogen) atoms. The number of hydrogen-bond donors (Lipinski definition) is 1. The molecule has 1 atom stereocenters. The Kier molecular flexibility index (Phi) is 4.37. The Morgan fingerprint density at radius 1 is 1.28 bits per heavy atom. The molecule has 0 amide bonds. The zero-order chi connectivity index (χ0) is 13.1. The molecule has 1 nitrogen and oxygen atoms in total. The fraction of sp³-hybridized carbons (Fsp3) is 0.231. The molecule has 2 rings (SSSR count). The summed E-state index contributed by atoms with van der Waals surface area (Å²) in [6.07, 6.45) is 0. The first-order valence-corrected chi connectivity index (χ1v) is 7.23. The first-order chi connectivity index (χ1) is 8.61. The molecule has 0 saturated heterocycles. The van der Waals surface area contributed by atoms with Crippen molar-refractivity contribution in [2.45, 2.75) is 17.1 Å². The highest BCUT2D eigenvalue weighted by molar-refractivity contribution is 7.99. The molecule has 0 bridgehead atoms. The molecule has 0 aliphatic carbocycles. The Labute approximate surface area is 113 Å². The maximum Gasteiger partial charge on any atom is 0.159 e. The quantitative estimate of drug-likeness (QED) is 0.855. The fourth-order valence-corrected chi connectivity index (χ4v) is 3.90. The molecule has 1 aromatic heterocycles. The molecule has 0 aliphatic rings. The monoisotopic (exact) mass is 285 g/mol. The molecular formula is C13H13F2NS2. The average molecular weight is 285 g/mol. The normalized spacial score (nSPS) is 12.7. The maximum absolute atomic E-state index is 13.1. The van der Waals surface area contributed by atoms with Crippen molar-refractivity contribution in [3.05, 3.63) is 51.7 Å². The zero-order valence-electron chi connectivity index (χ0n) is 9.82. The van der Waals surface area contributed by atoms with E-state index >= 15 is 0 Å². The van der Waals surface area contributed by atoms with Gasteiger partial charge in [0.15, 0.2) is 11.6 Å². The average Bonchev–Trinajstić information content (AvgIpc) is 2.77. The third kappa shape index (κ3) is 2.91. The molecule has 0 spiro atoms. The predicted octanol–water partition coefficient (Wildman–Crippen LogP) is 4.13. The van der Waals surface area contributed by atoms with E-state index in [1.807, 2.05) is 18.4 Å². The Hall–Kier alpha value is -0.910. The van der Waals surface area contributed by atoms with Crippen LogP contribution in [0, 0.1) is 18.6 Å². The van der Waals surface area contributed by atoms with Crippen LogP contribution in [0.3, 0.4) is 0 Å². The van der Waals surface area contributed by atoms with Crippen LogP contribution in [0.15, 0.2) is 34.5 Å². The number of aryl methyl sites for hydroxylation is 1. The standard InChI is InChI=1S/C13H13F2NS2/c1-8-4-5-17-13(8)12(7-16)18-9-2-3-10(14)11(15)6-9/h2-6,12H,7,16H2,1H3.